The minimum Gasteiger partial charge on any atom is -0.295 e. The molecule has 0 aliphatic carbocycles. The van der Waals surface area contributed by atoms with Crippen molar-refractivity contribution in [3.8, 4) is 5.69 Å². The highest BCUT2D eigenvalue weighted by Crippen LogP contribution is 2.29. The summed E-state index contributed by atoms with van der Waals surface area (Å²) in [4.78, 5) is 13.6. The second-order valence-corrected chi connectivity index (χ2v) is 8.55. The standard InChI is InChI=1S/C17H12FN5OS3/c18-11-3-1-4-12(9-11)23-7-6-14(22-23)15(24)19-16-20-21-17(27-16)26-10-13-5-2-8-25-13/h1-9H,10H2,(H,19,20,24). The zero-order chi connectivity index (χ0) is 18.6. The average molecular weight is 418 g/mol. The van der Waals surface area contributed by atoms with E-state index in [1.165, 1.54) is 33.0 Å². The number of nitrogens with one attached hydrogen (secondary N) is 1. The SMILES string of the molecule is O=C(Nc1nnc(SCc2cccs2)s1)c1ccn(-c2cccc(F)c2)n1. The van der Waals surface area contributed by atoms with E-state index in [0.717, 1.165) is 10.1 Å². The predicted octanol–water partition coefficient (Wildman–Crippen LogP) is 4.47. The summed E-state index contributed by atoms with van der Waals surface area (Å²) in [5.74, 6) is 0.0599. The van der Waals surface area contributed by atoms with E-state index in [1.807, 2.05) is 11.4 Å². The minimum absolute atomic E-state index is 0.210. The lowest BCUT2D eigenvalue weighted by atomic mass is 10.3. The topological polar surface area (TPSA) is 72.7 Å². The van der Waals surface area contributed by atoms with E-state index in [0.29, 0.717) is 10.8 Å². The molecule has 0 fully saturated rings. The van der Waals surface area contributed by atoms with Gasteiger partial charge in [-0.05, 0) is 35.7 Å². The third-order valence-corrected chi connectivity index (χ3v) is 6.52. The summed E-state index contributed by atoms with van der Waals surface area (Å²) >= 11 is 4.58. The number of rotatable bonds is 6. The number of carbonyl (C=O) groups is 1. The van der Waals surface area contributed by atoms with Crippen molar-refractivity contribution in [1.82, 2.24) is 20.0 Å². The number of nitrogens with zero attached hydrogens (tertiary/aromatic N) is 4. The molecule has 0 radical (unpaired) electrons. The van der Waals surface area contributed by atoms with Crippen LogP contribution in [0, 0.1) is 5.82 Å². The molecule has 4 rings (SSSR count). The highest BCUT2D eigenvalue weighted by Gasteiger charge is 2.14. The first-order valence-electron chi connectivity index (χ1n) is 7.79. The molecular formula is C17H12FN5OS3. The van der Waals surface area contributed by atoms with Gasteiger partial charge < -0.3 is 0 Å². The fourth-order valence-corrected chi connectivity index (χ4v) is 4.74. The van der Waals surface area contributed by atoms with Crippen molar-refractivity contribution in [2.24, 2.45) is 0 Å². The lowest BCUT2D eigenvalue weighted by Gasteiger charge is -2.01. The number of aromatic nitrogens is 4. The predicted molar refractivity (Wildman–Crippen MR) is 105 cm³/mol. The van der Waals surface area contributed by atoms with Gasteiger partial charge in [-0.25, -0.2) is 9.07 Å². The van der Waals surface area contributed by atoms with Crippen molar-refractivity contribution < 1.29 is 9.18 Å². The molecule has 0 atom stereocenters. The van der Waals surface area contributed by atoms with Crippen molar-refractivity contribution in [3.63, 3.8) is 0 Å². The van der Waals surface area contributed by atoms with Crippen LogP contribution in [0.3, 0.4) is 0 Å². The smallest absolute Gasteiger partial charge is 0.277 e. The number of carbonyl (C=O) groups excluding carboxylic acids is 1. The summed E-state index contributed by atoms with van der Waals surface area (Å²) in [6.07, 6.45) is 1.60. The Kier molecular flexibility index (Phi) is 5.28. The number of hydrogen-bond acceptors (Lipinski definition) is 7. The first-order chi connectivity index (χ1) is 13.2. The molecule has 0 bridgehead atoms. The van der Waals surface area contributed by atoms with Crippen LogP contribution in [0.25, 0.3) is 5.69 Å². The van der Waals surface area contributed by atoms with Crippen LogP contribution in [-0.2, 0) is 5.75 Å². The lowest BCUT2D eigenvalue weighted by Crippen LogP contribution is -2.13. The zero-order valence-corrected chi connectivity index (χ0v) is 16.2. The third kappa shape index (κ3) is 4.41. The Morgan fingerprint density at radius 2 is 2.15 bits per heavy atom. The number of halogens is 1. The van der Waals surface area contributed by atoms with Crippen LogP contribution >= 0.6 is 34.4 Å². The number of benzene rings is 1. The molecule has 136 valence electrons. The van der Waals surface area contributed by atoms with Crippen LogP contribution in [0.15, 0.2) is 58.4 Å². The van der Waals surface area contributed by atoms with Crippen molar-refractivity contribution in [3.05, 3.63) is 70.4 Å². The van der Waals surface area contributed by atoms with Crippen LogP contribution in [0.2, 0.25) is 0 Å². The van der Waals surface area contributed by atoms with E-state index in [9.17, 15) is 9.18 Å². The lowest BCUT2D eigenvalue weighted by molar-refractivity contribution is 0.102. The molecule has 0 aliphatic heterocycles. The number of amides is 1. The summed E-state index contributed by atoms with van der Waals surface area (Å²) in [7, 11) is 0. The van der Waals surface area contributed by atoms with E-state index < -0.39 is 5.91 Å². The van der Waals surface area contributed by atoms with Crippen LogP contribution < -0.4 is 5.32 Å². The molecule has 3 heterocycles. The molecule has 1 aromatic carbocycles. The zero-order valence-electron chi connectivity index (χ0n) is 13.7. The summed E-state index contributed by atoms with van der Waals surface area (Å²) in [5, 5.41) is 17.4. The third-order valence-electron chi connectivity index (χ3n) is 3.44. The Bertz CT molecular complexity index is 1060. The van der Waals surface area contributed by atoms with Gasteiger partial charge in [0.1, 0.15) is 5.82 Å². The maximum Gasteiger partial charge on any atom is 0.277 e. The second kappa shape index (κ2) is 7.99. The van der Waals surface area contributed by atoms with E-state index in [4.69, 9.17) is 0 Å². The second-order valence-electron chi connectivity index (χ2n) is 5.32. The van der Waals surface area contributed by atoms with E-state index in [2.05, 4.69) is 26.7 Å². The van der Waals surface area contributed by atoms with E-state index in [1.54, 1.807) is 47.5 Å². The average Bonchev–Trinajstić information content (AvgIpc) is 3.41. The molecule has 3 aromatic heterocycles. The summed E-state index contributed by atoms with van der Waals surface area (Å²) in [6, 6.07) is 11.6. The maximum atomic E-state index is 13.3. The van der Waals surface area contributed by atoms with Gasteiger partial charge in [0.15, 0.2) is 10.0 Å². The quantitative estimate of drug-likeness (QED) is 0.370. The molecular weight excluding hydrogens is 405 g/mol. The normalized spacial score (nSPS) is 10.9. The van der Waals surface area contributed by atoms with Gasteiger partial charge in [-0.3, -0.25) is 10.1 Å². The number of thiophene rings is 1. The van der Waals surface area contributed by atoms with Crippen molar-refractivity contribution in [1.29, 1.82) is 0 Å². The first-order valence-corrected chi connectivity index (χ1v) is 10.5. The van der Waals surface area contributed by atoms with Gasteiger partial charge in [-0.1, -0.05) is 35.2 Å². The molecule has 0 saturated carbocycles. The summed E-state index contributed by atoms with van der Waals surface area (Å²) in [5.41, 5.74) is 0.750. The Morgan fingerprint density at radius 3 is 2.96 bits per heavy atom. The van der Waals surface area contributed by atoms with Gasteiger partial charge in [0.05, 0.1) is 5.69 Å². The fraction of sp³-hybridized carbons (Fsp3) is 0.0588. The Balaban J connectivity index is 1.39. The molecule has 4 aromatic rings. The van der Waals surface area contributed by atoms with Crippen molar-refractivity contribution in [2.45, 2.75) is 10.1 Å². The Labute approximate surface area is 166 Å². The molecule has 0 aliphatic rings. The van der Waals surface area contributed by atoms with Crippen molar-refractivity contribution in [2.75, 3.05) is 5.32 Å². The van der Waals surface area contributed by atoms with Gasteiger partial charge in [0.2, 0.25) is 5.13 Å². The number of anilines is 1. The van der Waals surface area contributed by atoms with Gasteiger partial charge in [0, 0.05) is 16.8 Å². The highest BCUT2D eigenvalue weighted by molar-refractivity contribution is 8.00. The molecule has 0 unspecified atom stereocenters. The molecule has 0 saturated heterocycles. The fourth-order valence-electron chi connectivity index (χ4n) is 2.21. The van der Waals surface area contributed by atoms with E-state index >= 15 is 0 Å². The van der Waals surface area contributed by atoms with Gasteiger partial charge in [-0.2, -0.15) is 5.10 Å². The van der Waals surface area contributed by atoms with Gasteiger partial charge in [0.25, 0.3) is 5.91 Å². The Morgan fingerprint density at radius 1 is 1.22 bits per heavy atom. The van der Waals surface area contributed by atoms with Gasteiger partial charge >= 0.3 is 0 Å². The van der Waals surface area contributed by atoms with Crippen LogP contribution in [0.5, 0.6) is 0 Å². The van der Waals surface area contributed by atoms with Gasteiger partial charge in [-0.15, -0.1) is 21.5 Å². The van der Waals surface area contributed by atoms with Crippen LogP contribution in [0.4, 0.5) is 9.52 Å². The summed E-state index contributed by atoms with van der Waals surface area (Å²) in [6.45, 7) is 0. The molecule has 6 nitrogen and oxygen atoms in total. The van der Waals surface area contributed by atoms with Crippen LogP contribution in [-0.4, -0.2) is 25.9 Å². The number of thioether (sulfide) groups is 1. The largest absolute Gasteiger partial charge is 0.295 e. The molecule has 10 heteroatoms. The highest BCUT2D eigenvalue weighted by atomic mass is 32.2. The van der Waals surface area contributed by atoms with E-state index in [-0.39, 0.29) is 11.5 Å². The first kappa shape index (κ1) is 17.8. The molecule has 0 spiro atoms. The summed E-state index contributed by atoms with van der Waals surface area (Å²) < 4.78 is 15.6. The van der Waals surface area contributed by atoms with Crippen molar-refractivity contribution >= 4 is 45.5 Å². The minimum atomic E-state index is -0.392. The molecule has 27 heavy (non-hydrogen) atoms. The Hall–Kier alpha value is -2.56. The monoisotopic (exact) mass is 417 g/mol. The van der Waals surface area contributed by atoms with Crippen LogP contribution in [0.1, 0.15) is 15.4 Å². The number of hydrogen-bond donors (Lipinski definition) is 1. The molecule has 1 amide bonds. The molecule has 1 N–H and O–H groups in total. The maximum absolute atomic E-state index is 13.3.